The predicted octanol–water partition coefficient (Wildman–Crippen LogP) is 3.19. The van der Waals surface area contributed by atoms with Gasteiger partial charge in [-0.1, -0.05) is 29.8 Å². The van der Waals surface area contributed by atoms with Crippen molar-refractivity contribution in [2.45, 2.75) is 50.6 Å². The van der Waals surface area contributed by atoms with Gasteiger partial charge in [0.05, 0.1) is 12.6 Å². The summed E-state index contributed by atoms with van der Waals surface area (Å²) in [7, 11) is 4.10. The summed E-state index contributed by atoms with van der Waals surface area (Å²) >= 11 is 0. The van der Waals surface area contributed by atoms with Gasteiger partial charge in [-0.3, -0.25) is 14.5 Å². The van der Waals surface area contributed by atoms with Gasteiger partial charge >= 0.3 is 0 Å². The lowest BCUT2D eigenvalue weighted by molar-refractivity contribution is -0.122. The van der Waals surface area contributed by atoms with Gasteiger partial charge in [0, 0.05) is 31.2 Å². The summed E-state index contributed by atoms with van der Waals surface area (Å²) in [5.74, 6) is 1.22. The second kappa shape index (κ2) is 12.4. The number of benzene rings is 2. The monoisotopic (exact) mass is 492 g/mol. The molecule has 2 fully saturated rings. The number of rotatable bonds is 10. The second-order valence-corrected chi connectivity index (χ2v) is 10.5. The topological polar surface area (TPSA) is 73.9 Å². The molecule has 0 bridgehead atoms. The molecule has 1 aliphatic heterocycles. The first-order chi connectivity index (χ1) is 17.4. The Morgan fingerprint density at radius 1 is 1.03 bits per heavy atom. The minimum absolute atomic E-state index is 0.00780. The third-order valence-electron chi connectivity index (χ3n) is 7.34. The zero-order chi connectivity index (χ0) is 25.5. The number of ether oxygens (including phenoxy) is 1. The molecule has 194 valence electrons. The zero-order valence-corrected chi connectivity index (χ0v) is 21.8. The molecule has 2 aliphatic rings. The lowest BCUT2D eigenvalue weighted by Gasteiger charge is -2.46. The second-order valence-electron chi connectivity index (χ2n) is 10.5. The summed E-state index contributed by atoms with van der Waals surface area (Å²) < 4.78 is 5.82. The van der Waals surface area contributed by atoms with Crippen molar-refractivity contribution in [3.63, 3.8) is 0 Å². The Hall–Kier alpha value is -2.90. The number of carbonyl (C=O) groups is 2. The van der Waals surface area contributed by atoms with E-state index in [-0.39, 0.29) is 24.4 Å². The summed E-state index contributed by atoms with van der Waals surface area (Å²) in [6.07, 6.45) is 4.78. The van der Waals surface area contributed by atoms with Crippen molar-refractivity contribution in [2.75, 3.05) is 46.9 Å². The molecule has 2 aromatic rings. The summed E-state index contributed by atoms with van der Waals surface area (Å²) in [4.78, 5) is 29.1. The number of hydrogen-bond donors (Lipinski definition) is 2. The Morgan fingerprint density at radius 2 is 1.75 bits per heavy atom. The molecule has 4 rings (SSSR count). The Labute approximate surface area is 215 Å². The summed E-state index contributed by atoms with van der Waals surface area (Å²) in [5, 5.41) is 5.77. The van der Waals surface area contributed by atoms with Crippen molar-refractivity contribution in [3.8, 4) is 5.75 Å². The zero-order valence-electron chi connectivity index (χ0n) is 21.8. The smallest absolute Gasteiger partial charge is 0.251 e. The van der Waals surface area contributed by atoms with Crippen LogP contribution in [0.15, 0.2) is 48.5 Å². The van der Waals surface area contributed by atoms with Crippen LogP contribution in [0, 0.1) is 6.92 Å². The van der Waals surface area contributed by atoms with Crippen LogP contribution in [0.2, 0.25) is 0 Å². The van der Waals surface area contributed by atoms with Crippen LogP contribution in [0.4, 0.5) is 0 Å². The molecule has 1 saturated heterocycles. The molecule has 2 aromatic carbocycles. The average Bonchev–Trinajstić information content (AvgIpc) is 2.85. The van der Waals surface area contributed by atoms with Gasteiger partial charge in [-0.2, -0.15) is 0 Å². The van der Waals surface area contributed by atoms with Crippen LogP contribution in [0.5, 0.6) is 5.75 Å². The van der Waals surface area contributed by atoms with Crippen molar-refractivity contribution < 1.29 is 14.3 Å². The first-order valence-electron chi connectivity index (χ1n) is 13.1. The van der Waals surface area contributed by atoms with Crippen LogP contribution in [-0.4, -0.2) is 80.6 Å². The fraction of sp³-hybridized carbons (Fsp3) is 0.517. The largest absolute Gasteiger partial charge is 0.492 e. The van der Waals surface area contributed by atoms with Crippen LogP contribution >= 0.6 is 0 Å². The summed E-state index contributed by atoms with van der Waals surface area (Å²) in [6.45, 7) is 5.36. The van der Waals surface area contributed by atoms with Crippen LogP contribution in [0.25, 0.3) is 0 Å². The van der Waals surface area contributed by atoms with Crippen LogP contribution in [0.1, 0.15) is 53.1 Å². The maximum absolute atomic E-state index is 12.3. The Kier molecular flexibility index (Phi) is 8.99. The Bertz CT molecular complexity index is 1010. The van der Waals surface area contributed by atoms with Crippen molar-refractivity contribution in [1.29, 1.82) is 0 Å². The fourth-order valence-corrected chi connectivity index (χ4v) is 5.19. The first kappa shape index (κ1) is 26.2. The number of carbonyl (C=O) groups excluding carboxylic acids is 2. The highest BCUT2D eigenvalue weighted by Crippen LogP contribution is 2.36. The molecule has 36 heavy (non-hydrogen) atoms. The van der Waals surface area contributed by atoms with E-state index in [1.165, 1.54) is 31.2 Å². The number of amides is 2. The molecule has 1 saturated carbocycles. The van der Waals surface area contributed by atoms with E-state index in [1.54, 1.807) is 6.07 Å². The standard InChI is InChI=1S/C29H40N4O3/c1-21-5-4-6-24(17-21)29(35)30-18-28(34)31-25-19-33(20-25)26-11-7-22(8-12-26)23-9-13-27(14-10-23)36-16-15-32(2)3/h4-6,9-10,13-14,17,22,25-26H,7-8,11-12,15-16,18-20H2,1-3H3,(H,30,35)(H,31,34). The number of nitrogens with one attached hydrogen (secondary N) is 2. The van der Waals surface area contributed by atoms with Gasteiger partial charge in [-0.25, -0.2) is 0 Å². The molecule has 0 unspecified atom stereocenters. The van der Waals surface area contributed by atoms with E-state index in [9.17, 15) is 9.59 Å². The number of aryl methyl sites for hydroxylation is 1. The van der Waals surface area contributed by atoms with Crippen molar-refractivity contribution in [2.24, 2.45) is 0 Å². The first-order valence-corrected chi connectivity index (χ1v) is 13.1. The lowest BCUT2D eigenvalue weighted by Crippen LogP contribution is -2.63. The van der Waals surface area contributed by atoms with E-state index in [0.29, 0.717) is 24.1 Å². The molecule has 0 aromatic heterocycles. The van der Waals surface area contributed by atoms with Gasteiger partial charge in [0.15, 0.2) is 0 Å². The highest BCUT2D eigenvalue weighted by Gasteiger charge is 2.35. The van der Waals surface area contributed by atoms with Gasteiger partial charge in [0.2, 0.25) is 5.91 Å². The summed E-state index contributed by atoms with van der Waals surface area (Å²) in [5.41, 5.74) is 3.02. The Morgan fingerprint density at radius 3 is 2.42 bits per heavy atom. The highest BCUT2D eigenvalue weighted by atomic mass is 16.5. The predicted molar refractivity (Wildman–Crippen MR) is 143 cm³/mol. The average molecular weight is 493 g/mol. The van der Waals surface area contributed by atoms with Gasteiger partial charge in [-0.15, -0.1) is 0 Å². The summed E-state index contributed by atoms with van der Waals surface area (Å²) in [6, 6.07) is 16.8. The number of nitrogens with zero attached hydrogens (tertiary/aromatic N) is 2. The maximum atomic E-state index is 12.3. The van der Waals surface area contributed by atoms with E-state index in [0.717, 1.165) is 30.9 Å². The van der Waals surface area contributed by atoms with Crippen molar-refractivity contribution in [3.05, 3.63) is 65.2 Å². The minimum Gasteiger partial charge on any atom is -0.492 e. The fourth-order valence-electron chi connectivity index (χ4n) is 5.19. The molecule has 1 heterocycles. The van der Waals surface area contributed by atoms with E-state index in [1.807, 2.05) is 25.1 Å². The van der Waals surface area contributed by atoms with E-state index in [4.69, 9.17) is 4.74 Å². The van der Waals surface area contributed by atoms with E-state index >= 15 is 0 Å². The van der Waals surface area contributed by atoms with Crippen LogP contribution in [0.3, 0.4) is 0 Å². The normalized spacial score (nSPS) is 20.6. The van der Waals surface area contributed by atoms with E-state index in [2.05, 4.69) is 58.8 Å². The molecule has 1 aliphatic carbocycles. The molecule has 0 atom stereocenters. The molecular weight excluding hydrogens is 452 g/mol. The van der Waals surface area contributed by atoms with Crippen molar-refractivity contribution in [1.82, 2.24) is 20.4 Å². The SMILES string of the molecule is Cc1cccc(C(=O)NCC(=O)NC2CN(C3CCC(c4ccc(OCCN(C)C)cc4)CC3)C2)c1. The third kappa shape index (κ3) is 7.31. The van der Waals surface area contributed by atoms with Crippen molar-refractivity contribution >= 4 is 11.8 Å². The molecule has 7 heteroatoms. The quantitative estimate of drug-likeness (QED) is 0.533. The maximum Gasteiger partial charge on any atom is 0.251 e. The minimum atomic E-state index is -0.215. The van der Waals surface area contributed by atoms with Gasteiger partial charge in [0.1, 0.15) is 12.4 Å². The highest BCUT2D eigenvalue weighted by molar-refractivity contribution is 5.96. The van der Waals surface area contributed by atoms with Gasteiger partial charge in [0.25, 0.3) is 5.91 Å². The van der Waals surface area contributed by atoms with Gasteiger partial charge < -0.3 is 20.3 Å². The number of likely N-dealkylation sites (tertiary alicyclic amines) is 1. The number of hydrogen-bond acceptors (Lipinski definition) is 5. The van der Waals surface area contributed by atoms with Gasteiger partial charge in [-0.05, 0) is 82.4 Å². The molecule has 0 radical (unpaired) electrons. The Balaban J connectivity index is 1.12. The van der Waals surface area contributed by atoms with E-state index < -0.39 is 0 Å². The van der Waals surface area contributed by atoms with Crippen LogP contribution in [-0.2, 0) is 4.79 Å². The lowest BCUT2D eigenvalue weighted by atomic mass is 9.80. The molecule has 2 amide bonds. The molecular formula is C29H40N4O3. The molecule has 0 spiro atoms. The molecule has 2 N–H and O–H groups in total. The molecule has 7 nitrogen and oxygen atoms in total. The van der Waals surface area contributed by atoms with Crippen LogP contribution < -0.4 is 15.4 Å². The number of likely N-dealkylation sites (N-methyl/N-ethyl adjacent to an activating group) is 1. The third-order valence-corrected chi connectivity index (χ3v) is 7.34.